The molecule has 0 aliphatic carbocycles. The van der Waals surface area contributed by atoms with Crippen LogP contribution in [0.3, 0.4) is 0 Å². The Labute approximate surface area is 146 Å². The molecule has 1 unspecified atom stereocenters. The lowest BCUT2D eigenvalue weighted by Crippen LogP contribution is -2.53. The first-order valence-corrected chi connectivity index (χ1v) is 9.23. The number of amides is 1. The van der Waals surface area contributed by atoms with Gasteiger partial charge in [-0.2, -0.15) is 0 Å². The van der Waals surface area contributed by atoms with Crippen molar-refractivity contribution in [1.29, 1.82) is 0 Å². The average molecular weight is 329 g/mol. The van der Waals surface area contributed by atoms with Crippen molar-refractivity contribution in [3.05, 3.63) is 42.0 Å². The van der Waals surface area contributed by atoms with Crippen LogP contribution in [0.25, 0.3) is 6.08 Å². The Morgan fingerprint density at radius 2 is 1.79 bits per heavy atom. The van der Waals surface area contributed by atoms with E-state index in [2.05, 4.69) is 48.3 Å². The van der Waals surface area contributed by atoms with Crippen LogP contribution in [-0.2, 0) is 4.79 Å². The number of nitrogens with zero attached hydrogens (tertiary/aromatic N) is 2. The number of nitrogens with one attached hydrogen (secondary N) is 1. The SMILES string of the molecule is CCCN(CCC)C(/C=C\c1ccccc1)C(=O)N1CCNCC1. The predicted octanol–water partition coefficient (Wildman–Crippen LogP) is 2.62. The Hall–Kier alpha value is -1.65. The maximum atomic E-state index is 13.1. The first-order valence-electron chi connectivity index (χ1n) is 9.23. The summed E-state index contributed by atoms with van der Waals surface area (Å²) in [7, 11) is 0. The zero-order valence-corrected chi connectivity index (χ0v) is 15.1. The van der Waals surface area contributed by atoms with Gasteiger partial charge >= 0.3 is 0 Å². The summed E-state index contributed by atoms with van der Waals surface area (Å²) in [6.45, 7) is 9.66. The van der Waals surface area contributed by atoms with Crippen molar-refractivity contribution in [2.45, 2.75) is 32.7 Å². The van der Waals surface area contributed by atoms with E-state index in [9.17, 15) is 4.79 Å². The second-order valence-corrected chi connectivity index (χ2v) is 6.33. The van der Waals surface area contributed by atoms with Crippen LogP contribution in [0.4, 0.5) is 0 Å². The maximum Gasteiger partial charge on any atom is 0.244 e. The molecule has 1 aromatic rings. The molecular weight excluding hydrogens is 298 g/mol. The highest BCUT2D eigenvalue weighted by atomic mass is 16.2. The summed E-state index contributed by atoms with van der Waals surface area (Å²) >= 11 is 0. The first-order chi connectivity index (χ1) is 11.8. The Bertz CT molecular complexity index is 503. The van der Waals surface area contributed by atoms with Gasteiger partial charge in [0.2, 0.25) is 5.91 Å². The molecule has 4 heteroatoms. The molecule has 0 bridgehead atoms. The molecule has 1 aliphatic rings. The third-order valence-electron chi connectivity index (χ3n) is 4.37. The lowest BCUT2D eigenvalue weighted by Gasteiger charge is -2.35. The minimum absolute atomic E-state index is 0.164. The molecule has 24 heavy (non-hydrogen) atoms. The smallest absolute Gasteiger partial charge is 0.244 e. The van der Waals surface area contributed by atoms with Crippen molar-refractivity contribution in [1.82, 2.24) is 15.1 Å². The summed E-state index contributed by atoms with van der Waals surface area (Å²) in [6.07, 6.45) is 6.29. The van der Waals surface area contributed by atoms with E-state index in [-0.39, 0.29) is 11.9 Å². The highest BCUT2D eigenvalue weighted by Crippen LogP contribution is 2.12. The summed E-state index contributed by atoms with van der Waals surface area (Å²) in [5.74, 6) is 0.241. The number of carbonyl (C=O) groups is 1. The van der Waals surface area contributed by atoms with Gasteiger partial charge in [-0.25, -0.2) is 0 Å². The lowest BCUT2D eigenvalue weighted by molar-refractivity contribution is -0.135. The molecule has 1 fully saturated rings. The lowest BCUT2D eigenvalue weighted by atomic mass is 10.1. The molecule has 4 nitrogen and oxygen atoms in total. The quantitative estimate of drug-likeness (QED) is 0.796. The Kier molecular flexibility index (Phi) is 7.99. The van der Waals surface area contributed by atoms with Crippen LogP contribution in [0.1, 0.15) is 32.3 Å². The molecule has 0 radical (unpaired) electrons. The molecule has 2 rings (SSSR count). The first kappa shape index (κ1) is 18.7. The number of carbonyl (C=O) groups excluding carboxylic acids is 1. The van der Waals surface area contributed by atoms with Gasteiger partial charge < -0.3 is 10.2 Å². The third kappa shape index (κ3) is 5.46. The highest BCUT2D eigenvalue weighted by molar-refractivity contribution is 5.85. The second kappa shape index (κ2) is 10.3. The number of hydrogen-bond donors (Lipinski definition) is 1. The van der Waals surface area contributed by atoms with Crippen LogP contribution in [0.2, 0.25) is 0 Å². The van der Waals surface area contributed by atoms with E-state index in [4.69, 9.17) is 0 Å². The highest BCUT2D eigenvalue weighted by Gasteiger charge is 2.27. The van der Waals surface area contributed by atoms with Crippen molar-refractivity contribution in [3.63, 3.8) is 0 Å². The van der Waals surface area contributed by atoms with E-state index >= 15 is 0 Å². The topological polar surface area (TPSA) is 35.6 Å². The Balaban J connectivity index is 2.18. The molecule has 0 spiro atoms. The molecular formula is C20H31N3O. The van der Waals surface area contributed by atoms with Crippen LogP contribution >= 0.6 is 0 Å². The fourth-order valence-electron chi connectivity index (χ4n) is 3.16. The second-order valence-electron chi connectivity index (χ2n) is 6.33. The van der Waals surface area contributed by atoms with Crippen molar-refractivity contribution in [3.8, 4) is 0 Å². The van der Waals surface area contributed by atoms with Gasteiger partial charge in [0.25, 0.3) is 0 Å². The number of piperazine rings is 1. The van der Waals surface area contributed by atoms with Gasteiger partial charge in [0.15, 0.2) is 0 Å². The third-order valence-corrected chi connectivity index (χ3v) is 4.37. The standard InChI is InChI=1S/C20H31N3O/c1-3-14-22(15-4-2)19(11-10-18-8-6-5-7-9-18)20(24)23-16-12-21-13-17-23/h5-11,19,21H,3-4,12-17H2,1-2H3/b11-10-. The zero-order chi connectivity index (χ0) is 17.2. The van der Waals surface area contributed by atoms with Crippen LogP contribution in [0.5, 0.6) is 0 Å². The molecule has 1 N–H and O–H groups in total. The van der Waals surface area contributed by atoms with Crippen LogP contribution in [-0.4, -0.2) is 61.0 Å². The fraction of sp³-hybridized carbons (Fsp3) is 0.550. The molecule has 1 aromatic carbocycles. The van der Waals surface area contributed by atoms with Gasteiger partial charge in [-0.05, 0) is 31.5 Å². The summed E-state index contributed by atoms with van der Waals surface area (Å²) in [5.41, 5.74) is 1.14. The Morgan fingerprint density at radius 1 is 1.17 bits per heavy atom. The molecule has 1 heterocycles. The van der Waals surface area contributed by atoms with Crippen LogP contribution < -0.4 is 5.32 Å². The minimum atomic E-state index is -0.164. The minimum Gasteiger partial charge on any atom is -0.339 e. The summed E-state index contributed by atoms with van der Waals surface area (Å²) < 4.78 is 0. The normalized spacial score (nSPS) is 16.7. The summed E-state index contributed by atoms with van der Waals surface area (Å²) in [6, 6.07) is 10.1. The molecule has 0 saturated carbocycles. The van der Waals surface area contributed by atoms with Gasteiger partial charge in [-0.15, -0.1) is 0 Å². The molecule has 1 atom stereocenters. The molecule has 1 saturated heterocycles. The van der Waals surface area contributed by atoms with Crippen molar-refractivity contribution in [2.75, 3.05) is 39.3 Å². The van der Waals surface area contributed by atoms with Crippen LogP contribution in [0, 0.1) is 0 Å². The van der Waals surface area contributed by atoms with Gasteiger partial charge in [0.1, 0.15) is 6.04 Å². The zero-order valence-electron chi connectivity index (χ0n) is 15.1. The molecule has 132 valence electrons. The van der Waals surface area contributed by atoms with E-state index in [0.29, 0.717) is 0 Å². The number of benzene rings is 1. The van der Waals surface area contributed by atoms with E-state index in [0.717, 1.165) is 57.7 Å². The van der Waals surface area contributed by atoms with Crippen molar-refractivity contribution >= 4 is 12.0 Å². The monoisotopic (exact) mass is 329 g/mol. The van der Waals surface area contributed by atoms with E-state index in [1.807, 2.05) is 23.1 Å². The number of hydrogen-bond acceptors (Lipinski definition) is 3. The van der Waals surface area contributed by atoms with E-state index in [1.54, 1.807) is 0 Å². The molecule has 1 aliphatic heterocycles. The largest absolute Gasteiger partial charge is 0.339 e. The van der Waals surface area contributed by atoms with Gasteiger partial charge in [-0.1, -0.05) is 56.3 Å². The average Bonchev–Trinajstić information content (AvgIpc) is 2.63. The fourth-order valence-corrected chi connectivity index (χ4v) is 3.16. The van der Waals surface area contributed by atoms with Gasteiger partial charge in [-0.3, -0.25) is 9.69 Å². The maximum absolute atomic E-state index is 13.1. The summed E-state index contributed by atoms with van der Waals surface area (Å²) in [5, 5.41) is 3.32. The summed E-state index contributed by atoms with van der Waals surface area (Å²) in [4.78, 5) is 17.4. The number of rotatable bonds is 8. The van der Waals surface area contributed by atoms with E-state index < -0.39 is 0 Å². The van der Waals surface area contributed by atoms with Gasteiger partial charge in [0, 0.05) is 26.2 Å². The molecule has 1 amide bonds. The van der Waals surface area contributed by atoms with E-state index in [1.165, 1.54) is 0 Å². The van der Waals surface area contributed by atoms with Crippen molar-refractivity contribution < 1.29 is 4.79 Å². The van der Waals surface area contributed by atoms with Gasteiger partial charge in [0.05, 0.1) is 0 Å². The van der Waals surface area contributed by atoms with Crippen LogP contribution in [0.15, 0.2) is 36.4 Å². The Morgan fingerprint density at radius 3 is 2.38 bits per heavy atom. The predicted molar refractivity (Wildman–Crippen MR) is 101 cm³/mol. The van der Waals surface area contributed by atoms with Crippen molar-refractivity contribution in [2.24, 2.45) is 0 Å². The molecule has 0 aromatic heterocycles.